The van der Waals surface area contributed by atoms with Crippen molar-refractivity contribution in [1.82, 2.24) is 5.32 Å². The second-order valence-electron chi connectivity index (χ2n) is 12.3. The van der Waals surface area contributed by atoms with E-state index in [1.165, 1.54) is 23.3 Å². The summed E-state index contributed by atoms with van der Waals surface area (Å²) in [6, 6.07) is 26.9. The average molecular weight is 559 g/mol. The Bertz CT molecular complexity index is 1340. The Morgan fingerprint density at radius 2 is 1.27 bits per heavy atom. The summed E-state index contributed by atoms with van der Waals surface area (Å²) in [4.78, 5) is 38.6. The average Bonchev–Trinajstić information content (AvgIpc) is 2.96. The molecule has 3 aromatic rings. The van der Waals surface area contributed by atoms with Crippen LogP contribution in [0.2, 0.25) is 0 Å². The Kier molecular flexibility index (Phi) is 8.74. The van der Waals surface area contributed by atoms with Gasteiger partial charge in [-0.2, -0.15) is 0 Å². The molecule has 3 aromatic carbocycles. The molecule has 2 atom stereocenters. The molecule has 0 aliphatic heterocycles. The van der Waals surface area contributed by atoms with E-state index in [4.69, 9.17) is 0 Å². The molecule has 206 valence electrons. The molecule has 6 nitrogen and oxygen atoms in total. The minimum Gasteiger partial charge on any atom is -0.545 e. The molecule has 4 saturated carbocycles. The van der Waals surface area contributed by atoms with Gasteiger partial charge in [-0.3, -0.25) is 9.59 Å². The maximum Gasteiger partial charge on any atom is 1.00 e. The molecule has 4 aliphatic rings. The molecule has 7 rings (SSSR count). The van der Waals surface area contributed by atoms with Crippen LogP contribution in [-0.4, -0.2) is 24.3 Å². The van der Waals surface area contributed by atoms with Crippen molar-refractivity contribution in [2.24, 2.45) is 22.7 Å². The fourth-order valence-electron chi connectivity index (χ4n) is 8.16. The molecule has 0 heterocycles. The zero-order valence-electron chi connectivity index (χ0n) is 23.6. The van der Waals surface area contributed by atoms with Gasteiger partial charge in [-0.15, -0.1) is 0 Å². The molecule has 41 heavy (non-hydrogen) atoms. The normalized spacial score (nSPS) is 25.8. The van der Waals surface area contributed by atoms with Gasteiger partial charge in [-0.05, 0) is 85.6 Å². The summed E-state index contributed by atoms with van der Waals surface area (Å²) >= 11 is 0. The summed E-state index contributed by atoms with van der Waals surface area (Å²) in [6.07, 6.45) is 5.79. The van der Waals surface area contributed by atoms with Crippen molar-refractivity contribution >= 4 is 23.5 Å². The first kappa shape index (κ1) is 29.6. The summed E-state index contributed by atoms with van der Waals surface area (Å²) in [6.45, 7) is 0.578. The van der Waals surface area contributed by atoms with Crippen molar-refractivity contribution in [2.45, 2.75) is 50.9 Å². The third-order valence-corrected chi connectivity index (χ3v) is 9.53. The first-order valence-electron chi connectivity index (χ1n) is 14.4. The quantitative estimate of drug-likeness (QED) is 0.392. The van der Waals surface area contributed by atoms with Crippen molar-refractivity contribution < 1.29 is 49.0 Å². The number of carbonyl (C=O) groups excluding carboxylic acids is 3. The van der Waals surface area contributed by atoms with Crippen molar-refractivity contribution in [1.29, 1.82) is 0 Å². The Hall–Kier alpha value is -2.93. The van der Waals surface area contributed by atoms with Crippen LogP contribution in [0.25, 0.3) is 0 Å². The number of aromatic carboxylic acids is 1. The van der Waals surface area contributed by atoms with Gasteiger partial charge >= 0.3 is 29.6 Å². The van der Waals surface area contributed by atoms with Crippen LogP contribution >= 0.6 is 0 Å². The zero-order chi connectivity index (χ0) is 27.7. The van der Waals surface area contributed by atoms with Gasteiger partial charge in [0.15, 0.2) is 0 Å². The number of benzene rings is 3. The second-order valence-corrected chi connectivity index (χ2v) is 12.3. The number of hydrogen-bond acceptors (Lipinski definition) is 4. The SMILES string of the molecule is O=C([O-])c1ccc(NC(=O)C23CC4CC(CC(C(=O)NCCC(c5ccccc5)c5ccccc5)(C4)C2)C3)cc1.[Na+]. The van der Waals surface area contributed by atoms with Crippen LogP contribution in [0.5, 0.6) is 0 Å². The molecule has 2 unspecified atom stereocenters. The van der Waals surface area contributed by atoms with Gasteiger partial charge in [-0.25, -0.2) is 0 Å². The van der Waals surface area contributed by atoms with Crippen LogP contribution in [0.3, 0.4) is 0 Å². The van der Waals surface area contributed by atoms with E-state index in [0.29, 0.717) is 30.5 Å². The van der Waals surface area contributed by atoms with Crippen molar-refractivity contribution in [3.8, 4) is 0 Å². The molecule has 2 amide bonds. The Balaban J connectivity index is 0.00000337. The number of carbonyl (C=O) groups is 3. The van der Waals surface area contributed by atoms with Gasteiger partial charge in [0.25, 0.3) is 0 Å². The van der Waals surface area contributed by atoms with Gasteiger partial charge in [0, 0.05) is 18.2 Å². The molecule has 4 aliphatic carbocycles. The van der Waals surface area contributed by atoms with Crippen molar-refractivity contribution in [3.63, 3.8) is 0 Å². The van der Waals surface area contributed by atoms with Crippen LogP contribution < -0.4 is 45.3 Å². The van der Waals surface area contributed by atoms with Crippen molar-refractivity contribution in [2.75, 3.05) is 11.9 Å². The largest absolute Gasteiger partial charge is 1.00 e. The molecule has 7 heteroatoms. The second kappa shape index (κ2) is 12.1. The first-order valence-corrected chi connectivity index (χ1v) is 14.4. The molecule has 0 saturated heterocycles. The molecule has 0 spiro atoms. The molecule has 2 N–H and O–H groups in total. The Morgan fingerprint density at radius 3 is 1.78 bits per heavy atom. The molecule has 0 aromatic heterocycles. The molecule has 4 fully saturated rings. The van der Waals surface area contributed by atoms with E-state index in [1.54, 1.807) is 12.1 Å². The maximum atomic E-state index is 13.9. The monoisotopic (exact) mass is 558 g/mol. The summed E-state index contributed by atoms with van der Waals surface area (Å²) in [5.41, 5.74) is 2.05. The summed E-state index contributed by atoms with van der Waals surface area (Å²) in [5.74, 6) is -0.255. The van der Waals surface area contributed by atoms with Crippen LogP contribution in [0.15, 0.2) is 84.9 Å². The third kappa shape index (κ3) is 6.01. The number of hydrogen-bond donors (Lipinski definition) is 2. The van der Waals surface area contributed by atoms with Gasteiger partial charge in [0.2, 0.25) is 11.8 Å². The van der Waals surface area contributed by atoms with E-state index >= 15 is 0 Å². The van der Waals surface area contributed by atoms with Gasteiger partial charge < -0.3 is 20.5 Å². The van der Waals surface area contributed by atoms with E-state index < -0.39 is 16.8 Å². The summed E-state index contributed by atoms with van der Waals surface area (Å²) in [5, 5.41) is 17.4. The van der Waals surface area contributed by atoms with E-state index in [-0.39, 0.29) is 52.9 Å². The fraction of sp³-hybridized carbons (Fsp3) is 0.382. The molecular formula is C34H35N2NaO4. The van der Waals surface area contributed by atoms with Gasteiger partial charge in [0.1, 0.15) is 0 Å². The molecule has 4 bridgehead atoms. The van der Waals surface area contributed by atoms with Crippen LogP contribution in [-0.2, 0) is 9.59 Å². The molecule has 0 radical (unpaired) electrons. The van der Waals surface area contributed by atoms with Crippen molar-refractivity contribution in [3.05, 3.63) is 102 Å². The predicted molar refractivity (Wildman–Crippen MR) is 151 cm³/mol. The number of rotatable bonds is 9. The zero-order valence-corrected chi connectivity index (χ0v) is 25.6. The van der Waals surface area contributed by atoms with E-state index in [2.05, 4.69) is 59.2 Å². The van der Waals surface area contributed by atoms with Crippen LogP contribution in [0.1, 0.15) is 72.3 Å². The van der Waals surface area contributed by atoms with Crippen LogP contribution in [0.4, 0.5) is 5.69 Å². The summed E-state index contributed by atoms with van der Waals surface area (Å²) in [7, 11) is 0. The number of anilines is 1. The van der Waals surface area contributed by atoms with E-state index in [0.717, 1.165) is 38.5 Å². The minimum atomic E-state index is -1.24. The number of nitrogens with one attached hydrogen (secondary N) is 2. The minimum absolute atomic E-state index is 0. The topological polar surface area (TPSA) is 98.3 Å². The van der Waals surface area contributed by atoms with Crippen LogP contribution in [0, 0.1) is 22.7 Å². The molecular weight excluding hydrogens is 523 g/mol. The first-order chi connectivity index (χ1) is 19.4. The number of carboxylic acids is 1. The van der Waals surface area contributed by atoms with E-state index in [1.807, 2.05) is 12.1 Å². The fourth-order valence-corrected chi connectivity index (χ4v) is 8.16. The van der Waals surface area contributed by atoms with Gasteiger partial charge in [0.05, 0.1) is 16.8 Å². The van der Waals surface area contributed by atoms with Gasteiger partial charge in [-0.1, -0.05) is 72.8 Å². The predicted octanol–water partition coefficient (Wildman–Crippen LogP) is 1.92. The number of carboxylic acid groups (broad SMARTS) is 1. The maximum absolute atomic E-state index is 13.9. The van der Waals surface area contributed by atoms with E-state index in [9.17, 15) is 19.5 Å². The Morgan fingerprint density at radius 1 is 0.756 bits per heavy atom. The third-order valence-electron chi connectivity index (χ3n) is 9.53. The number of amides is 2. The summed E-state index contributed by atoms with van der Waals surface area (Å²) < 4.78 is 0. The standard InChI is InChI=1S/C34H36N2O4.Na/c37-30(38)27-11-13-28(14-12-27)36-32(40)34-20-23-17-24(21-34)19-33(18-23,22-34)31(39)35-16-15-29(25-7-3-1-4-8-25)26-9-5-2-6-10-26;/h1-14,23-24,29H,15-22H2,(H,35,39)(H,36,40)(H,37,38);/q;+1/p-1. The smallest absolute Gasteiger partial charge is 0.545 e. The Labute approximate surface area is 263 Å².